The van der Waals surface area contributed by atoms with Crippen LogP contribution in [0.25, 0.3) is 0 Å². The highest BCUT2D eigenvalue weighted by atomic mass is 127. The van der Waals surface area contributed by atoms with E-state index in [1.165, 1.54) is 0 Å². The molecule has 1 aliphatic heterocycles. The van der Waals surface area contributed by atoms with Gasteiger partial charge in [0.2, 0.25) is 0 Å². The summed E-state index contributed by atoms with van der Waals surface area (Å²) in [6.07, 6.45) is -0.575. The summed E-state index contributed by atoms with van der Waals surface area (Å²) in [6, 6.07) is 6.53. The standard InChI is InChI=1S/C21H25F4N5.HI/c1-2-26-20(29-14-16-5-6-17(22)12-18(16)21(23,24)25)28-13-15-7-8-27-19(11-15)30-9-3-4-10-30;/h5-8,11-12H,2-4,9-10,13-14H2,1H3,(H2,26,28,29);1H. The molecule has 1 aromatic heterocycles. The Hall–Kier alpha value is -2.11. The van der Waals surface area contributed by atoms with Gasteiger partial charge in [-0.05, 0) is 55.2 Å². The van der Waals surface area contributed by atoms with Gasteiger partial charge in [0.1, 0.15) is 11.6 Å². The molecule has 1 aliphatic rings. The van der Waals surface area contributed by atoms with E-state index >= 15 is 0 Å². The molecule has 0 unspecified atom stereocenters. The van der Waals surface area contributed by atoms with Crippen LogP contribution in [0.5, 0.6) is 0 Å². The Balaban J connectivity index is 0.00000341. The number of alkyl halides is 3. The Bertz CT molecular complexity index is 882. The van der Waals surface area contributed by atoms with Crippen LogP contribution in [0.1, 0.15) is 36.5 Å². The van der Waals surface area contributed by atoms with Crippen molar-refractivity contribution in [2.24, 2.45) is 4.99 Å². The lowest BCUT2D eigenvalue weighted by atomic mass is 10.1. The van der Waals surface area contributed by atoms with Crippen LogP contribution in [-0.2, 0) is 19.3 Å². The fraction of sp³-hybridized carbons (Fsp3) is 0.429. The van der Waals surface area contributed by atoms with E-state index in [1.54, 1.807) is 6.20 Å². The van der Waals surface area contributed by atoms with Crippen molar-refractivity contribution in [1.82, 2.24) is 15.6 Å². The summed E-state index contributed by atoms with van der Waals surface area (Å²) in [5, 5.41) is 5.92. The van der Waals surface area contributed by atoms with Crippen molar-refractivity contribution in [3.05, 3.63) is 59.0 Å². The zero-order valence-corrected chi connectivity index (χ0v) is 19.5. The maximum Gasteiger partial charge on any atom is 0.416 e. The summed E-state index contributed by atoms with van der Waals surface area (Å²) >= 11 is 0. The van der Waals surface area contributed by atoms with E-state index in [4.69, 9.17) is 0 Å². The predicted octanol–water partition coefficient (Wildman–Crippen LogP) is 4.71. The van der Waals surface area contributed by atoms with E-state index in [0.29, 0.717) is 25.1 Å². The zero-order valence-electron chi connectivity index (χ0n) is 17.2. The van der Waals surface area contributed by atoms with Crippen LogP contribution in [0, 0.1) is 5.82 Å². The second kappa shape index (κ2) is 11.5. The maximum atomic E-state index is 13.3. The molecule has 0 atom stereocenters. The van der Waals surface area contributed by atoms with Gasteiger partial charge in [-0.3, -0.25) is 0 Å². The molecule has 0 radical (unpaired) electrons. The molecule has 2 heterocycles. The van der Waals surface area contributed by atoms with Gasteiger partial charge in [-0.25, -0.2) is 14.4 Å². The van der Waals surface area contributed by atoms with Gasteiger partial charge in [0.15, 0.2) is 5.96 Å². The van der Waals surface area contributed by atoms with Crippen LogP contribution in [0.15, 0.2) is 41.5 Å². The van der Waals surface area contributed by atoms with Gasteiger partial charge in [0, 0.05) is 32.4 Å². The van der Waals surface area contributed by atoms with E-state index in [1.807, 2.05) is 19.1 Å². The van der Waals surface area contributed by atoms with Crippen LogP contribution >= 0.6 is 24.0 Å². The Morgan fingerprint density at radius 3 is 2.55 bits per heavy atom. The molecular formula is C21H26F4IN5. The summed E-state index contributed by atoms with van der Waals surface area (Å²) in [5.74, 6) is 0.381. The Morgan fingerprint density at radius 1 is 1.13 bits per heavy atom. The van der Waals surface area contributed by atoms with Gasteiger partial charge >= 0.3 is 6.18 Å². The molecule has 0 spiro atoms. The number of nitrogens with one attached hydrogen (secondary N) is 2. The monoisotopic (exact) mass is 551 g/mol. The molecule has 0 bridgehead atoms. The van der Waals surface area contributed by atoms with Crippen molar-refractivity contribution in [2.75, 3.05) is 24.5 Å². The second-order valence-corrected chi connectivity index (χ2v) is 7.06. The van der Waals surface area contributed by atoms with Crippen molar-refractivity contribution in [3.63, 3.8) is 0 Å². The molecule has 31 heavy (non-hydrogen) atoms. The van der Waals surface area contributed by atoms with Crippen molar-refractivity contribution >= 4 is 35.8 Å². The minimum absolute atomic E-state index is 0. The zero-order chi connectivity index (χ0) is 21.6. The second-order valence-electron chi connectivity index (χ2n) is 7.06. The summed E-state index contributed by atoms with van der Waals surface area (Å²) in [7, 11) is 0. The molecule has 2 N–H and O–H groups in total. The summed E-state index contributed by atoms with van der Waals surface area (Å²) in [4.78, 5) is 11.1. The quantitative estimate of drug-likeness (QED) is 0.237. The molecule has 0 aliphatic carbocycles. The fourth-order valence-electron chi connectivity index (χ4n) is 3.34. The maximum absolute atomic E-state index is 13.3. The molecule has 10 heteroatoms. The molecule has 1 aromatic carbocycles. The van der Waals surface area contributed by atoms with E-state index < -0.39 is 17.6 Å². The number of pyridine rings is 1. The molecule has 170 valence electrons. The molecule has 1 saturated heterocycles. The van der Waals surface area contributed by atoms with Crippen LogP contribution in [0.4, 0.5) is 23.4 Å². The first kappa shape index (κ1) is 25.2. The summed E-state index contributed by atoms with van der Waals surface area (Å²) in [5.41, 5.74) is -0.0770. The topological polar surface area (TPSA) is 52.6 Å². The van der Waals surface area contributed by atoms with Crippen LogP contribution in [0.3, 0.4) is 0 Å². The Labute approximate surface area is 196 Å². The van der Waals surface area contributed by atoms with E-state index in [-0.39, 0.29) is 36.1 Å². The Kier molecular flexibility index (Phi) is 9.32. The first-order chi connectivity index (χ1) is 14.4. The third kappa shape index (κ3) is 7.22. The highest BCUT2D eigenvalue weighted by molar-refractivity contribution is 14.0. The van der Waals surface area contributed by atoms with Crippen LogP contribution in [-0.4, -0.2) is 30.6 Å². The SMILES string of the molecule is CCNC(=NCc1ccnc(N2CCCC2)c1)NCc1ccc(F)cc1C(F)(F)F.I. The van der Waals surface area contributed by atoms with E-state index in [0.717, 1.165) is 49.4 Å². The van der Waals surface area contributed by atoms with Gasteiger partial charge in [-0.2, -0.15) is 13.2 Å². The van der Waals surface area contributed by atoms with E-state index in [2.05, 4.69) is 25.5 Å². The number of hydrogen-bond donors (Lipinski definition) is 2. The van der Waals surface area contributed by atoms with Gasteiger partial charge in [-0.1, -0.05) is 6.07 Å². The molecular weight excluding hydrogens is 525 g/mol. The van der Waals surface area contributed by atoms with Crippen LogP contribution in [0.2, 0.25) is 0 Å². The third-order valence-corrected chi connectivity index (χ3v) is 4.83. The first-order valence-corrected chi connectivity index (χ1v) is 9.94. The van der Waals surface area contributed by atoms with Gasteiger partial charge in [-0.15, -0.1) is 24.0 Å². The third-order valence-electron chi connectivity index (χ3n) is 4.83. The number of anilines is 1. The number of benzene rings is 1. The summed E-state index contributed by atoms with van der Waals surface area (Å²) < 4.78 is 52.8. The normalized spacial score (nSPS) is 14.4. The lowest BCUT2D eigenvalue weighted by Crippen LogP contribution is -2.37. The highest BCUT2D eigenvalue weighted by Crippen LogP contribution is 2.32. The largest absolute Gasteiger partial charge is 0.416 e. The number of guanidine groups is 1. The molecule has 0 saturated carbocycles. The van der Waals surface area contributed by atoms with Crippen molar-refractivity contribution < 1.29 is 17.6 Å². The molecule has 1 fully saturated rings. The molecule has 5 nitrogen and oxygen atoms in total. The van der Waals surface area contributed by atoms with Crippen LogP contribution < -0.4 is 15.5 Å². The molecule has 2 aromatic rings. The number of rotatable bonds is 6. The predicted molar refractivity (Wildman–Crippen MR) is 124 cm³/mol. The van der Waals surface area contributed by atoms with Gasteiger partial charge in [0.25, 0.3) is 0 Å². The lowest BCUT2D eigenvalue weighted by molar-refractivity contribution is -0.138. The van der Waals surface area contributed by atoms with Gasteiger partial charge < -0.3 is 15.5 Å². The summed E-state index contributed by atoms with van der Waals surface area (Å²) in [6.45, 7) is 4.63. The lowest BCUT2D eigenvalue weighted by Gasteiger charge is -2.17. The fourth-order valence-corrected chi connectivity index (χ4v) is 3.34. The van der Waals surface area contributed by atoms with Gasteiger partial charge in [0.05, 0.1) is 12.1 Å². The number of hydrogen-bond acceptors (Lipinski definition) is 3. The average molecular weight is 551 g/mol. The average Bonchev–Trinajstić information content (AvgIpc) is 3.25. The number of nitrogens with zero attached hydrogens (tertiary/aromatic N) is 3. The number of aromatic nitrogens is 1. The first-order valence-electron chi connectivity index (χ1n) is 9.94. The van der Waals surface area contributed by atoms with Crippen molar-refractivity contribution in [3.8, 4) is 0 Å². The number of halogens is 5. The highest BCUT2D eigenvalue weighted by Gasteiger charge is 2.33. The van der Waals surface area contributed by atoms with E-state index in [9.17, 15) is 17.6 Å². The smallest absolute Gasteiger partial charge is 0.357 e. The molecule has 0 amide bonds. The minimum Gasteiger partial charge on any atom is -0.357 e. The van der Waals surface area contributed by atoms with Crippen molar-refractivity contribution in [2.45, 2.75) is 39.0 Å². The minimum atomic E-state index is -4.63. The van der Waals surface area contributed by atoms with Crippen molar-refractivity contribution in [1.29, 1.82) is 0 Å². The number of aliphatic imine (C=N–C) groups is 1. The molecule has 3 rings (SSSR count). The Morgan fingerprint density at radius 2 is 1.87 bits per heavy atom.